The number of sulfonamides is 1. The molecule has 0 bridgehead atoms. The van der Waals surface area contributed by atoms with Crippen LogP contribution >= 0.6 is 0 Å². The first kappa shape index (κ1) is 30.2. The molecule has 1 saturated heterocycles. The normalized spacial score (nSPS) is 24.2. The second-order valence-corrected chi connectivity index (χ2v) is 14.4. The van der Waals surface area contributed by atoms with Crippen molar-refractivity contribution >= 4 is 43.9 Å². The molecule has 3 heterocycles. The Morgan fingerprint density at radius 3 is 2.59 bits per heavy atom. The summed E-state index contributed by atoms with van der Waals surface area (Å²) in [6, 6.07) is 14.4. The molecule has 3 fully saturated rings. The summed E-state index contributed by atoms with van der Waals surface area (Å²) in [5.41, 5.74) is 1.07. The van der Waals surface area contributed by atoms with Crippen molar-refractivity contribution in [3.8, 4) is 23.0 Å². The Morgan fingerprint density at radius 2 is 1.89 bits per heavy atom. The zero-order valence-electron chi connectivity index (χ0n) is 25.5. The van der Waals surface area contributed by atoms with Gasteiger partial charge in [-0.05, 0) is 69.5 Å². The number of fused-ring (bicyclic) bond motifs is 3. The van der Waals surface area contributed by atoms with Gasteiger partial charge in [-0.2, -0.15) is 4.98 Å². The number of benzene rings is 2. The Morgan fingerprint density at radius 1 is 1.13 bits per heavy atom. The van der Waals surface area contributed by atoms with Crippen LogP contribution in [0.1, 0.15) is 39.5 Å². The van der Waals surface area contributed by atoms with Crippen LogP contribution in [0.5, 0.6) is 11.6 Å². The molecule has 12 nitrogen and oxygen atoms in total. The number of amides is 2. The van der Waals surface area contributed by atoms with Crippen LogP contribution in [0.3, 0.4) is 0 Å². The van der Waals surface area contributed by atoms with Crippen molar-refractivity contribution in [3.63, 3.8) is 0 Å². The third kappa shape index (κ3) is 5.69. The molecule has 2 aromatic carbocycles. The van der Waals surface area contributed by atoms with Crippen molar-refractivity contribution in [2.45, 2.75) is 68.6 Å². The fraction of sp³-hybridized carbons (Fsp3) is 0.394. The van der Waals surface area contributed by atoms with Crippen LogP contribution in [0.25, 0.3) is 33.5 Å². The van der Waals surface area contributed by atoms with Gasteiger partial charge in [-0.1, -0.05) is 18.2 Å². The first-order chi connectivity index (χ1) is 22.1. The minimum absolute atomic E-state index is 0.0422. The van der Waals surface area contributed by atoms with E-state index in [2.05, 4.69) is 21.9 Å². The van der Waals surface area contributed by atoms with E-state index in [1.165, 1.54) is 0 Å². The van der Waals surface area contributed by atoms with Gasteiger partial charge in [0.15, 0.2) is 5.82 Å². The molecule has 2 saturated carbocycles. The summed E-state index contributed by atoms with van der Waals surface area (Å²) >= 11 is 0. The zero-order valence-corrected chi connectivity index (χ0v) is 26.3. The molecule has 2 amide bonds. The Bertz CT molecular complexity index is 1950. The molecule has 0 spiro atoms. The van der Waals surface area contributed by atoms with Crippen LogP contribution in [0.2, 0.25) is 0 Å². The van der Waals surface area contributed by atoms with Gasteiger partial charge < -0.3 is 24.5 Å². The van der Waals surface area contributed by atoms with Crippen molar-refractivity contribution in [3.05, 3.63) is 61.2 Å². The Kier molecular flexibility index (Phi) is 7.47. The highest BCUT2D eigenvalue weighted by Gasteiger charge is 2.61. The van der Waals surface area contributed by atoms with Gasteiger partial charge in [0.2, 0.25) is 21.5 Å². The van der Waals surface area contributed by atoms with Crippen LogP contribution in [-0.4, -0.2) is 65.8 Å². The predicted molar refractivity (Wildman–Crippen MR) is 171 cm³/mol. The number of para-hydroxylation sites is 1. The van der Waals surface area contributed by atoms with Crippen molar-refractivity contribution < 1.29 is 31.9 Å². The maximum atomic E-state index is 13.4. The van der Waals surface area contributed by atoms with E-state index in [0.717, 1.165) is 16.7 Å². The highest BCUT2D eigenvalue weighted by atomic mass is 32.2. The number of ether oxygens (including phenoxy) is 2. The van der Waals surface area contributed by atoms with E-state index in [-0.39, 0.29) is 30.7 Å². The number of nitrogens with zero attached hydrogens (tertiary/aromatic N) is 2. The molecule has 1 aliphatic heterocycles. The molecule has 3 N–H and O–H groups in total. The molecule has 2 aromatic heterocycles. The maximum absolute atomic E-state index is 13.4. The molecule has 46 heavy (non-hydrogen) atoms. The first-order valence-corrected chi connectivity index (χ1v) is 17.0. The van der Waals surface area contributed by atoms with E-state index in [4.69, 9.17) is 23.9 Å². The fourth-order valence-electron chi connectivity index (χ4n) is 5.90. The molecule has 240 valence electrons. The minimum Gasteiger partial charge on any atom is -0.491 e. The fourth-order valence-corrected chi connectivity index (χ4v) is 7.27. The second-order valence-electron chi connectivity index (χ2n) is 12.4. The van der Waals surface area contributed by atoms with E-state index in [1.54, 1.807) is 6.08 Å². The third-order valence-electron chi connectivity index (χ3n) is 8.61. The summed E-state index contributed by atoms with van der Waals surface area (Å²) in [5.74, 6) is -0.0827. The Balaban J connectivity index is 1.10. The molecule has 13 heteroatoms. The minimum atomic E-state index is -3.77. The number of furan rings is 1. The molecule has 1 unspecified atom stereocenters. The lowest BCUT2D eigenvalue weighted by atomic mass is 10.1. The average molecular weight is 646 g/mol. The molecule has 4 aromatic rings. The van der Waals surface area contributed by atoms with E-state index in [1.807, 2.05) is 62.4 Å². The van der Waals surface area contributed by atoms with Gasteiger partial charge in [0.05, 0.1) is 17.4 Å². The van der Waals surface area contributed by atoms with Gasteiger partial charge in [-0.3, -0.25) is 14.3 Å². The number of carbonyl (C=O) groups excluding carboxylic acids is 2. The van der Waals surface area contributed by atoms with E-state index in [9.17, 15) is 18.0 Å². The van der Waals surface area contributed by atoms with E-state index >= 15 is 0 Å². The monoisotopic (exact) mass is 645 g/mol. The summed E-state index contributed by atoms with van der Waals surface area (Å²) in [7, 11) is -3.77. The Hall–Kier alpha value is -4.49. The first-order valence-electron chi connectivity index (χ1n) is 15.4. The van der Waals surface area contributed by atoms with Crippen LogP contribution in [0, 0.1) is 5.92 Å². The maximum Gasteiger partial charge on any atom is 0.262 e. The molecule has 3 aliphatic rings. The van der Waals surface area contributed by atoms with Gasteiger partial charge in [0.1, 0.15) is 28.5 Å². The average Bonchev–Trinajstić information content (AvgIpc) is 3.92. The quantitative estimate of drug-likeness (QED) is 0.206. The molecule has 0 radical (unpaired) electrons. The van der Waals surface area contributed by atoms with Gasteiger partial charge in [0.25, 0.3) is 11.8 Å². The van der Waals surface area contributed by atoms with Crippen molar-refractivity contribution in [1.82, 2.24) is 25.3 Å². The topological polar surface area (TPSA) is 162 Å². The predicted octanol–water partition coefficient (Wildman–Crippen LogP) is 3.61. The number of carbonyl (C=O) groups is 2. The second kappa shape index (κ2) is 11.4. The Labute approximate surface area is 266 Å². The molecule has 4 atom stereocenters. The highest BCUT2D eigenvalue weighted by molar-refractivity contribution is 7.91. The summed E-state index contributed by atoms with van der Waals surface area (Å²) in [4.78, 5) is 36.0. The SMILES string of the molecule is C=C[C@@H]1CC1(NC(=O)[C@@H]1C[C@@H](Oc2nc(-c3ccc(OC(C)C)cc3)nc3c2oc2ccccc23)CN1)C(=O)NS(=O)(=O)C1CC1. The smallest absolute Gasteiger partial charge is 0.262 e. The number of aromatic nitrogens is 2. The van der Waals surface area contributed by atoms with Crippen LogP contribution in [0.4, 0.5) is 0 Å². The van der Waals surface area contributed by atoms with Gasteiger partial charge >= 0.3 is 0 Å². The summed E-state index contributed by atoms with van der Waals surface area (Å²) in [5, 5.41) is 6.24. The van der Waals surface area contributed by atoms with Crippen LogP contribution in [0.15, 0.2) is 65.6 Å². The molecule has 2 aliphatic carbocycles. The molecule has 7 rings (SSSR count). The van der Waals surface area contributed by atoms with Gasteiger partial charge in [0, 0.05) is 29.8 Å². The number of nitrogens with one attached hydrogen (secondary N) is 3. The van der Waals surface area contributed by atoms with Crippen molar-refractivity contribution in [2.24, 2.45) is 5.92 Å². The van der Waals surface area contributed by atoms with Crippen LogP contribution in [-0.2, 0) is 19.6 Å². The van der Waals surface area contributed by atoms with Crippen molar-refractivity contribution in [1.29, 1.82) is 0 Å². The zero-order chi connectivity index (χ0) is 32.2. The van der Waals surface area contributed by atoms with E-state index in [0.29, 0.717) is 41.9 Å². The third-order valence-corrected chi connectivity index (χ3v) is 10.4. The van der Waals surface area contributed by atoms with Gasteiger partial charge in [-0.15, -0.1) is 6.58 Å². The lowest BCUT2D eigenvalue weighted by molar-refractivity contribution is -0.130. The van der Waals surface area contributed by atoms with Crippen LogP contribution < -0.4 is 24.8 Å². The van der Waals surface area contributed by atoms with Crippen molar-refractivity contribution in [2.75, 3.05) is 6.54 Å². The highest BCUT2D eigenvalue weighted by Crippen LogP contribution is 2.45. The number of rotatable bonds is 11. The number of hydrogen-bond donors (Lipinski definition) is 3. The van der Waals surface area contributed by atoms with E-state index < -0.39 is 44.8 Å². The summed E-state index contributed by atoms with van der Waals surface area (Å²) in [6.07, 6.45) is 2.76. The number of hydrogen-bond acceptors (Lipinski definition) is 10. The summed E-state index contributed by atoms with van der Waals surface area (Å²) in [6.45, 7) is 8.01. The molecular weight excluding hydrogens is 610 g/mol. The standard InChI is InChI=1S/C33H35N5O7S/c1-4-20-16-33(20,32(40)38-46(41,42)23-13-14-23)37-30(39)25-15-22(17-34-25)44-31-28-27(24-7-5-6-8-26(24)45-28)35-29(36-31)19-9-11-21(12-10-19)43-18(2)3/h4-12,18,20,22-23,25,34H,1,13-17H2,2-3H3,(H,37,39)(H,38,40)/t20-,22-,25+,33?/m1/s1. The molecular formula is C33H35N5O7S. The lowest BCUT2D eigenvalue weighted by Gasteiger charge is -2.21. The van der Waals surface area contributed by atoms with Gasteiger partial charge in [-0.25, -0.2) is 13.4 Å². The summed E-state index contributed by atoms with van der Waals surface area (Å²) < 4.78 is 45.3. The largest absolute Gasteiger partial charge is 0.491 e. The lowest BCUT2D eigenvalue weighted by Crippen LogP contribution is -2.55.